The van der Waals surface area contributed by atoms with Crippen LogP contribution in [0.25, 0.3) is 0 Å². The average molecular weight is 355 g/mol. The molecule has 7 nitrogen and oxygen atoms in total. The first-order valence-electron chi connectivity index (χ1n) is 8.33. The van der Waals surface area contributed by atoms with Crippen molar-refractivity contribution in [3.63, 3.8) is 0 Å². The summed E-state index contributed by atoms with van der Waals surface area (Å²) in [5.74, 6) is -2.72. The maximum Gasteiger partial charge on any atom is 0.414 e. The van der Waals surface area contributed by atoms with Gasteiger partial charge in [-0.1, -0.05) is 19.4 Å². The smallest absolute Gasteiger partial charge is 0.414 e. The minimum Gasteiger partial charge on any atom is -0.491 e. The Bertz CT molecular complexity index is 506. The molecule has 0 spiro atoms. The summed E-state index contributed by atoms with van der Waals surface area (Å²) in [6, 6.07) is 6.17. The van der Waals surface area contributed by atoms with Gasteiger partial charge in [-0.15, -0.1) is 0 Å². The van der Waals surface area contributed by atoms with Gasteiger partial charge in [-0.25, -0.2) is 9.59 Å². The van der Waals surface area contributed by atoms with Gasteiger partial charge in [-0.05, 0) is 50.1 Å². The van der Waals surface area contributed by atoms with E-state index in [1.54, 1.807) is 0 Å². The van der Waals surface area contributed by atoms with Crippen molar-refractivity contribution in [1.82, 2.24) is 5.32 Å². The normalized spacial score (nSPS) is 9.88. The third-order valence-corrected chi connectivity index (χ3v) is 3.29. The molecule has 0 saturated heterocycles. The van der Waals surface area contributed by atoms with Gasteiger partial charge in [0, 0.05) is 6.54 Å². The maximum atomic E-state index is 9.10. The summed E-state index contributed by atoms with van der Waals surface area (Å²) in [6.07, 6.45) is 2.47. The lowest BCUT2D eigenvalue weighted by Crippen LogP contribution is -2.21. The van der Waals surface area contributed by atoms with Crippen molar-refractivity contribution < 1.29 is 29.3 Å². The van der Waals surface area contributed by atoms with Crippen molar-refractivity contribution in [2.75, 3.05) is 32.9 Å². The Balaban J connectivity index is 0.000000823. The zero-order valence-electron chi connectivity index (χ0n) is 15.2. The summed E-state index contributed by atoms with van der Waals surface area (Å²) in [6.45, 7) is 10.4. The van der Waals surface area contributed by atoms with Crippen LogP contribution in [0.5, 0.6) is 5.75 Å². The largest absolute Gasteiger partial charge is 0.491 e. The highest BCUT2D eigenvalue weighted by Gasteiger charge is 2.04. The van der Waals surface area contributed by atoms with Crippen LogP contribution in [0, 0.1) is 13.8 Å². The van der Waals surface area contributed by atoms with E-state index in [-0.39, 0.29) is 0 Å². The summed E-state index contributed by atoms with van der Waals surface area (Å²) < 4.78 is 11.1. The molecule has 1 aromatic rings. The number of carboxylic acid groups (broad SMARTS) is 2. The van der Waals surface area contributed by atoms with E-state index in [1.807, 2.05) is 6.07 Å². The molecule has 0 fully saturated rings. The van der Waals surface area contributed by atoms with Gasteiger partial charge in [-0.3, -0.25) is 0 Å². The minimum atomic E-state index is -1.82. The Hall–Kier alpha value is -2.12. The number of unbranched alkanes of at least 4 members (excludes halogenated alkanes) is 1. The van der Waals surface area contributed by atoms with Crippen LogP contribution in [0.15, 0.2) is 18.2 Å². The lowest BCUT2D eigenvalue weighted by Gasteiger charge is -2.09. The molecule has 0 saturated carbocycles. The Morgan fingerprint density at radius 3 is 2.24 bits per heavy atom. The molecule has 0 atom stereocenters. The number of nitrogens with one attached hydrogen (secondary N) is 1. The maximum absolute atomic E-state index is 9.10. The first-order chi connectivity index (χ1) is 11.9. The number of benzene rings is 1. The monoisotopic (exact) mass is 355 g/mol. The van der Waals surface area contributed by atoms with Gasteiger partial charge in [0.25, 0.3) is 0 Å². The molecule has 0 bridgehead atoms. The second kappa shape index (κ2) is 14.2. The second-order valence-corrected chi connectivity index (χ2v) is 5.42. The second-order valence-electron chi connectivity index (χ2n) is 5.42. The van der Waals surface area contributed by atoms with Crippen LogP contribution in [0.4, 0.5) is 0 Å². The highest BCUT2D eigenvalue weighted by Crippen LogP contribution is 2.16. The topological polar surface area (TPSA) is 105 Å². The van der Waals surface area contributed by atoms with Gasteiger partial charge in [0.05, 0.1) is 13.2 Å². The predicted molar refractivity (Wildman–Crippen MR) is 95.3 cm³/mol. The molecule has 1 rings (SSSR count). The van der Waals surface area contributed by atoms with E-state index in [1.165, 1.54) is 24.0 Å². The van der Waals surface area contributed by atoms with E-state index in [0.717, 1.165) is 25.4 Å². The molecule has 0 aliphatic rings. The van der Waals surface area contributed by atoms with Crippen LogP contribution in [0.1, 0.15) is 30.9 Å². The molecule has 0 aliphatic carbocycles. The summed E-state index contributed by atoms with van der Waals surface area (Å²) in [4.78, 5) is 18.2. The van der Waals surface area contributed by atoms with Crippen molar-refractivity contribution >= 4 is 11.9 Å². The van der Waals surface area contributed by atoms with Crippen LogP contribution in [0.2, 0.25) is 0 Å². The van der Waals surface area contributed by atoms with E-state index in [9.17, 15) is 0 Å². The predicted octanol–water partition coefficient (Wildman–Crippen LogP) is 2.24. The molecule has 0 aliphatic heterocycles. The number of ether oxygens (including phenoxy) is 2. The molecule has 0 unspecified atom stereocenters. The highest BCUT2D eigenvalue weighted by atomic mass is 16.5. The van der Waals surface area contributed by atoms with Crippen molar-refractivity contribution in [3.8, 4) is 5.75 Å². The number of hydrogen-bond donors (Lipinski definition) is 3. The Morgan fingerprint density at radius 1 is 1.00 bits per heavy atom. The number of carbonyl (C=O) groups is 2. The third kappa shape index (κ3) is 12.9. The zero-order valence-corrected chi connectivity index (χ0v) is 15.2. The van der Waals surface area contributed by atoms with E-state index >= 15 is 0 Å². The quantitative estimate of drug-likeness (QED) is 0.437. The van der Waals surface area contributed by atoms with Crippen LogP contribution in [-0.4, -0.2) is 55.1 Å². The van der Waals surface area contributed by atoms with Gasteiger partial charge >= 0.3 is 11.9 Å². The summed E-state index contributed by atoms with van der Waals surface area (Å²) in [5, 5.41) is 18.1. The fraction of sp³-hybridized carbons (Fsp3) is 0.556. The lowest BCUT2D eigenvalue weighted by atomic mass is 10.1. The molecule has 0 radical (unpaired) electrons. The van der Waals surface area contributed by atoms with Crippen molar-refractivity contribution in [2.45, 2.75) is 33.6 Å². The van der Waals surface area contributed by atoms with Crippen LogP contribution in [0.3, 0.4) is 0 Å². The molecular weight excluding hydrogens is 326 g/mol. The van der Waals surface area contributed by atoms with E-state index in [0.29, 0.717) is 13.2 Å². The molecule has 7 heteroatoms. The molecule has 0 aromatic heterocycles. The Morgan fingerprint density at radius 2 is 1.68 bits per heavy atom. The minimum absolute atomic E-state index is 0.609. The summed E-state index contributed by atoms with van der Waals surface area (Å²) >= 11 is 0. The van der Waals surface area contributed by atoms with Crippen LogP contribution >= 0.6 is 0 Å². The van der Waals surface area contributed by atoms with E-state index < -0.39 is 11.9 Å². The molecule has 142 valence electrons. The van der Waals surface area contributed by atoms with Gasteiger partial charge in [0.2, 0.25) is 0 Å². The highest BCUT2D eigenvalue weighted by molar-refractivity contribution is 6.27. The molecule has 0 amide bonds. The Kier molecular flexibility index (Phi) is 13.0. The average Bonchev–Trinajstić information content (AvgIpc) is 2.57. The zero-order chi connectivity index (χ0) is 19.1. The van der Waals surface area contributed by atoms with Crippen molar-refractivity contribution in [3.05, 3.63) is 29.3 Å². The standard InChI is InChI=1S/C16H27NO2.C2H2O4/c1-4-5-8-17-9-10-18-11-12-19-16-7-6-14(2)15(3)13-16;3-1(4)2(5)6/h6-7,13,17H,4-5,8-12H2,1-3H3;(H,3,4)(H,5,6). The number of aryl methyl sites for hydroxylation is 2. The summed E-state index contributed by atoms with van der Waals surface area (Å²) in [7, 11) is 0. The van der Waals surface area contributed by atoms with Gasteiger partial charge in [0.15, 0.2) is 0 Å². The Labute approximate surface area is 149 Å². The first-order valence-corrected chi connectivity index (χ1v) is 8.33. The third-order valence-electron chi connectivity index (χ3n) is 3.29. The molecule has 0 heterocycles. The van der Waals surface area contributed by atoms with Crippen LogP contribution in [-0.2, 0) is 14.3 Å². The number of aliphatic carboxylic acids is 2. The molecule has 25 heavy (non-hydrogen) atoms. The van der Waals surface area contributed by atoms with Crippen molar-refractivity contribution in [1.29, 1.82) is 0 Å². The molecular formula is C18H29NO6. The van der Waals surface area contributed by atoms with Crippen LogP contribution < -0.4 is 10.1 Å². The SMILES string of the molecule is CCCCNCCOCCOc1ccc(C)c(C)c1.O=C(O)C(=O)O. The van der Waals surface area contributed by atoms with Gasteiger partial charge in [0.1, 0.15) is 12.4 Å². The fourth-order valence-electron chi connectivity index (χ4n) is 1.70. The molecule has 3 N–H and O–H groups in total. The fourth-order valence-corrected chi connectivity index (χ4v) is 1.70. The van der Waals surface area contributed by atoms with Gasteiger partial charge < -0.3 is 25.0 Å². The summed E-state index contributed by atoms with van der Waals surface area (Å²) in [5.41, 5.74) is 2.56. The molecule has 1 aromatic carbocycles. The van der Waals surface area contributed by atoms with Gasteiger partial charge in [-0.2, -0.15) is 0 Å². The lowest BCUT2D eigenvalue weighted by molar-refractivity contribution is -0.159. The van der Waals surface area contributed by atoms with Crippen molar-refractivity contribution in [2.24, 2.45) is 0 Å². The first kappa shape index (κ1) is 22.9. The number of rotatable bonds is 10. The number of carboxylic acids is 2. The van der Waals surface area contributed by atoms with E-state index in [4.69, 9.17) is 29.3 Å². The number of hydrogen-bond acceptors (Lipinski definition) is 5. The van der Waals surface area contributed by atoms with E-state index in [2.05, 4.69) is 38.2 Å².